The third kappa shape index (κ3) is 5.04. The third-order valence-corrected chi connectivity index (χ3v) is 3.31. The predicted molar refractivity (Wildman–Crippen MR) is 88.8 cm³/mol. The number of amides is 1. The first-order valence-corrected chi connectivity index (χ1v) is 7.11. The molecule has 0 saturated carbocycles. The van der Waals surface area contributed by atoms with Gasteiger partial charge in [0.2, 0.25) is 3.79 Å². The molecule has 0 fully saturated rings. The summed E-state index contributed by atoms with van der Waals surface area (Å²) in [4.78, 5) is 16.0. The van der Waals surface area contributed by atoms with Crippen molar-refractivity contribution in [3.8, 4) is 0 Å². The molecule has 5 nitrogen and oxygen atoms in total. The van der Waals surface area contributed by atoms with Gasteiger partial charge in [-0.25, -0.2) is 5.01 Å². The van der Waals surface area contributed by atoms with Crippen LogP contribution in [0.5, 0.6) is 0 Å². The van der Waals surface area contributed by atoms with E-state index in [0.717, 1.165) is 5.01 Å². The van der Waals surface area contributed by atoms with Crippen molar-refractivity contribution in [2.75, 3.05) is 7.05 Å². The third-order valence-electron chi connectivity index (χ3n) is 2.36. The smallest absolute Gasteiger partial charge is 0.254 e. The normalized spacial score (nSPS) is 13.0. The number of nitrogens with zero attached hydrogens (tertiary/aromatic N) is 3. The Morgan fingerprint density at radius 3 is 2.52 bits per heavy atom. The second kappa shape index (κ2) is 7.84. The highest BCUT2D eigenvalue weighted by atomic mass is 35.6. The van der Waals surface area contributed by atoms with E-state index < -0.39 is 15.9 Å². The number of nitrogens with one attached hydrogen (secondary N) is 1. The van der Waals surface area contributed by atoms with Crippen LogP contribution in [-0.4, -0.2) is 41.0 Å². The van der Waals surface area contributed by atoms with Gasteiger partial charge < -0.3 is 5.32 Å². The summed E-state index contributed by atoms with van der Waals surface area (Å²) in [7, 11) is 1.50. The fraction of sp³-hybridized carbons (Fsp3) is 0.250. The SMILES string of the molecule is C=NN(C=NC)C(NC(=O)c1ccccc1Cl)C(Cl)(Cl)Cl. The van der Waals surface area contributed by atoms with Gasteiger partial charge in [0, 0.05) is 13.8 Å². The Morgan fingerprint density at radius 1 is 1.43 bits per heavy atom. The van der Waals surface area contributed by atoms with Crippen molar-refractivity contribution >= 4 is 65.4 Å². The maximum Gasteiger partial charge on any atom is 0.254 e. The van der Waals surface area contributed by atoms with Crippen molar-refractivity contribution in [3.63, 3.8) is 0 Å². The van der Waals surface area contributed by atoms with Gasteiger partial charge in [-0.1, -0.05) is 58.5 Å². The van der Waals surface area contributed by atoms with Crippen molar-refractivity contribution in [1.82, 2.24) is 10.3 Å². The molecule has 1 rings (SSSR count). The quantitative estimate of drug-likeness (QED) is 0.284. The molecule has 0 bridgehead atoms. The minimum absolute atomic E-state index is 0.246. The lowest BCUT2D eigenvalue weighted by Gasteiger charge is -2.31. The Morgan fingerprint density at radius 2 is 2.05 bits per heavy atom. The molecule has 0 heterocycles. The highest BCUT2D eigenvalue weighted by molar-refractivity contribution is 6.68. The van der Waals surface area contributed by atoms with E-state index >= 15 is 0 Å². The monoisotopic (exact) mass is 368 g/mol. The van der Waals surface area contributed by atoms with Gasteiger partial charge in [-0.15, -0.1) is 0 Å². The fourth-order valence-electron chi connectivity index (χ4n) is 1.45. The predicted octanol–water partition coefficient (Wildman–Crippen LogP) is 3.34. The lowest BCUT2D eigenvalue weighted by Crippen LogP contribution is -2.53. The van der Waals surface area contributed by atoms with Crippen LogP contribution < -0.4 is 5.32 Å². The average Bonchev–Trinajstić information content (AvgIpc) is 2.41. The topological polar surface area (TPSA) is 57.1 Å². The van der Waals surface area contributed by atoms with Gasteiger partial charge in [0.25, 0.3) is 5.91 Å². The Balaban J connectivity index is 3.05. The van der Waals surface area contributed by atoms with Crippen molar-refractivity contribution in [2.45, 2.75) is 9.96 Å². The van der Waals surface area contributed by atoms with Crippen molar-refractivity contribution in [3.05, 3.63) is 34.9 Å². The molecule has 1 unspecified atom stereocenters. The maximum atomic E-state index is 12.2. The molecule has 1 aromatic carbocycles. The summed E-state index contributed by atoms with van der Waals surface area (Å²) >= 11 is 23.6. The van der Waals surface area contributed by atoms with Crippen LogP contribution in [0.3, 0.4) is 0 Å². The Bertz CT molecular complexity index is 544. The van der Waals surface area contributed by atoms with Gasteiger partial charge in [0.05, 0.1) is 10.6 Å². The lowest BCUT2D eigenvalue weighted by molar-refractivity contribution is 0.0903. The van der Waals surface area contributed by atoms with Gasteiger partial charge in [0.1, 0.15) is 6.34 Å². The molecule has 114 valence electrons. The standard InChI is InChI=1S/C12H12Cl4N4O/c1-17-7-20(18-2)11(12(14,15)16)19-10(21)8-5-3-4-6-9(8)13/h3-7,11H,2H2,1H3,(H,19,21). The molecule has 1 N–H and O–H groups in total. The van der Waals surface area contributed by atoms with Gasteiger partial charge >= 0.3 is 0 Å². The summed E-state index contributed by atoms with van der Waals surface area (Å²) in [6, 6.07) is 6.50. The van der Waals surface area contributed by atoms with Crippen LogP contribution in [0, 0.1) is 0 Å². The number of hydrogen-bond donors (Lipinski definition) is 1. The summed E-state index contributed by atoms with van der Waals surface area (Å²) in [5.74, 6) is -0.518. The van der Waals surface area contributed by atoms with Gasteiger partial charge in [-0.3, -0.25) is 9.79 Å². The minimum atomic E-state index is -1.86. The lowest BCUT2D eigenvalue weighted by atomic mass is 10.2. The van der Waals surface area contributed by atoms with Crippen LogP contribution in [-0.2, 0) is 0 Å². The zero-order chi connectivity index (χ0) is 16.0. The highest BCUT2D eigenvalue weighted by Crippen LogP contribution is 2.32. The molecule has 0 saturated heterocycles. The zero-order valence-electron chi connectivity index (χ0n) is 10.9. The van der Waals surface area contributed by atoms with Crippen LogP contribution in [0.4, 0.5) is 0 Å². The number of halogens is 4. The fourth-order valence-corrected chi connectivity index (χ4v) is 2.13. The number of hydrogen-bond acceptors (Lipinski definition) is 3. The molecule has 0 aliphatic carbocycles. The largest absolute Gasteiger partial charge is 0.326 e. The Hall–Kier alpha value is -1.01. The first-order chi connectivity index (χ1) is 9.81. The van der Waals surface area contributed by atoms with Crippen molar-refractivity contribution < 1.29 is 4.79 Å². The van der Waals surface area contributed by atoms with Crippen LogP contribution >= 0.6 is 46.4 Å². The van der Waals surface area contributed by atoms with Gasteiger partial charge in [-0.2, -0.15) is 5.10 Å². The summed E-state index contributed by atoms with van der Waals surface area (Å²) in [6.07, 6.45) is 0.166. The first kappa shape index (κ1) is 18.0. The van der Waals surface area contributed by atoms with Crippen LogP contribution in [0.15, 0.2) is 34.4 Å². The molecule has 0 aliphatic heterocycles. The molecule has 9 heteroatoms. The van der Waals surface area contributed by atoms with E-state index in [1.165, 1.54) is 13.4 Å². The van der Waals surface area contributed by atoms with E-state index in [2.05, 4.69) is 22.1 Å². The van der Waals surface area contributed by atoms with Crippen molar-refractivity contribution in [1.29, 1.82) is 0 Å². The molecular weight excluding hydrogens is 358 g/mol. The van der Waals surface area contributed by atoms with E-state index in [9.17, 15) is 4.79 Å². The van der Waals surface area contributed by atoms with Crippen LogP contribution in [0.2, 0.25) is 5.02 Å². The number of carbonyl (C=O) groups excluding carboxylic acids is 1. The van der Waals surface area contributed by atoms with Crippen molar-refractivity contribution in [2.24, 2.45) is 10.1 Å². The second-order valence-corrected chi connectivity index (χ2v) is 6.57. The average molecular weight is 370 g/mol. The van der Waals surface area contributed by atoms with E-state index in [0.29, 0.717) is 0 Å². The molecule has 0 aromatic heterocycles. The number of carbonyl (C=O) groups is 1. The molecule has 1 aromatic rings. The van der Waals surface area contributed by atoms with E-state index in [4.69, 9.17) is 46.4 Å². The molecule has 0 aliphatic rings. The molecule has 0 spiro atoms. The van der Waals surface area contributed by atoms with Crippen LogP contribution in [0.1, 0.15) is 10.4 Å². The van der Waals surface area contributed by atoms with E-state index in [-0.39, 0.29) is 10.6 Å². The number of benzene rings is 1. The number of alkyl halides is 3. The highest BCUT2D eigenvalue weighted by Gasteiger charge is 2.38. The number of rotatable bonds is 5. The van der Waals surface area contributed by atoms with Gasteiger partial charge in [-0.05, 0) is 12.1 Å². The summed E-state index contributed by atoms with van der Waals surface area (Å²) in [5, 5.41) is 7.58. The number of hydrazone groups is 1. The summed E-state index contributed by atoms with van der Waals surface area (Å²) in [5.41, 5.74) is 0.246. The van der Waals surface area contributed by atoms with E-state index in [1.54, 1.807) is 24.3 Å². The molecule has 21 heavy (non-hydrogen) atoms. The molecule has 1 atom stereocenters. The minimum Gasteiger partial charge on any atom is -0.326 e. The maximum absolute atomic E-state index is 12.2. The second-order valence-electron chi connectivity index (χ2n) is 3.79. The Kier molecular flexibility index (Phi) is 6.74. The van der Waals surface area contributed by atoms with Crippen LogP contribution in [0.25, 0.3) is 0 Å². The van der Waals surface area contributed by atoms with E-state index in [1.807, 2.05) is 0 Å². The summed E-state index contributed by atoms with van der Waals surface area (Å²) < 4.78 is -1.86. The molecular formula is C12H12Cl4N4O. The van der Waals surface area contributed by atoms with Gasteiger partial charge in [0.15, 0.2) is 6.17 Å². The molecule has 0 radical (unpaired) electrons. The number of aliphatic imine (C=N–C) groups is 1. The Labute approximate surface area is 142 Å². The zero-order valence-corrected chi connectivity index (χ0v) is 14.0. The summed E-state index contributed by atoms with van der Waals surface area (Å²) in [6.45, 7) is 3.34. The first-order valence-electron chi connectivity index (χ1n) is 5.60. The molecule has 1 amide bonds.